The van der Waals surface area contributed by atoms with Gasteiger partial charge in [-0.25, -0.2) is 0 Å². The van der Waals surface area contributed by atoms with Crippen LogP contribution in [0.4, 0.5) is 0 Å². The van der Waals surface area contributed by atoms with Crippen molar-refractivity contribution in [3.8, 4) is 6.07 Å². The molecule has 3 N–H and O–H groups in total. The highest BCUT2D eigenvalue weighted by Crippen LogP contribution is 1.88. The smallest absolute Gasteiger partial charge is 0.218 e. The van der Waals surface area contributed by atoms with Crippen molar-refractivity contribution in [1.29, 1.82) is 5.26 Å². The number of carbonyl (C=O) groups excluding carboxylic acids is 1. The van der Waals surface area contributed by atoms with Crippen LogP contribution in [0.3, 0.4) is 0 Å². The van der Waals surface area contributed by atoms with E-state index < -0.39 is 0 Å². The number of nitrogens with zero attached hydrogens (tertiary/aromatic N) is 1. The first-order chi connectivity index (χ1) is 5.16. The maximum absolute atomic E-state index is 10.4. The molecule has 0 fully saturated rings. The summed E-state index contributed by atoms with van der Waals surface area (Å²) in [6.45, 7) is 2.48. The van der Waals surface area contributed by atoms with Crippen molar-refractivity contribution >= 4 is 5.91 Å². The van der Waals surface area contributed by atoms with E-state index in [-0.39, 0.29) is 11.9 Å². The first-order valence-electron chi connectivity index (χ1n) is 3.55. The van der Waals surface area contributed by atoms with Gasteiger partial charge in [0.05, 0.1) is 6.07 Å². The van der Waals surface area contributed by atoms with E-state index in [1.54, 1.807) is 0 Å². The van der Waals surface area contributed by atoms with E-state index in [9.17, 15) is 4.79 Å². The van der Waals surface area contributed by atoms with E-state index in [1.165, 1.54) is 0 Å². The van der Waals surface area contributed by atoms with Crippen LogP contribution in [0.25, 0.3) is 0 Å². The molecule has 0 spiro atoms. The zero-order valence-electron chi connectivity index (χ0n) is 6.63. The Kier molecular flexibility index (Phi) is 5.13. The Morgan fingerprint density at radius 1 is 1.82 bits per heavy atom. The van der Waals surface area contributed by atoms with Crippen LogP contribution >= 0.6 is 0 Å². The average molecular weight is 155 g/mol. The van der Waals surface area contributed by atoms with Crippen molar-refractivity contribution in [2.24, 2.45) is 5.73 Å². The van der Waals surface area contributed by atoms with Crippen LogP contribution in [0.15, 0.2) is 0 Å². The van der Waals surface area contributed by atoms with Gasteiger partial charge in [0.1, 0.15) is 0 Å². The van der Waals surface area contributed by atoms with Gasteiger partial charge in [0.15, 0.2) is 0 Å². The van der Waals surface area contributed by atoms with E-state index in [1.807, 2.05) is 13.0 Å². The molecule has 0 saturated heterocycles. The first kappa shape index (κ1) is 9.92. The molecule has 0 heterocycles. The molecule has 0 radical (unpaired) electrons. The van der Waals surface area contributed by atoms with E-state index in [2.05, 4.69) is 5.32 Å². The van der Waals surface area contributed by atoms with E-state index >= 15 is 0 Å². The summed E-state index contributed by atoms with van der Waals surface area (Å²) in [5.74, 6) is -0.318. The van der Waals surface area contributed by atoms with E-state index in [0.717, 1.165) is 0 Å². The maximum Gasteiger partial charge on any atom is 0.218 e. The number of amides is 1. The minimum Gasteiger partial charge on any atom is -0.370 e. The Morgan fingerprint density at radius 2 is 2.45 bits per heavy atom. The molecule has 0 saturated carbocycles. The lowest BCUT2D eigenvalue weighted by molar-refractivity contribution is -0.118. The third-order valence-electron chi connectivity index (χ3n) is 1.24. The van der Waals surface area contributed by atoms with E-state index in [0.29, 0.717) is 19.4 Å². The monoisotopic (exact) mass is 155 g/mol. The number of primary amides is 1. The molecule has 1 atom stereocenters. The van der Waals surface area contributed by atoms with Crippen molar-refractivity contribution < 1.29 is 4.79 Å². The van der Waals surface area contributed by atoms with Crippen LogP contribution in [-0.4, -0.2) is 18.5 Å². The lowest BCUT2D eigenvalue weighted by Crippen LogP contribution is -2.31. The number of nitriles is 1. The molecule has 0 aromatic heterocycles. The van der Waals surface area contributed by atoms with Crippen LogP contribution in [0.2, 0.25) is 0 Å². The second-order valence-corrected chi connectivity index (χ2v) is 2.43. The maximum atomic E-state index is 10.4. The van der Waals surface area contributed by atoms with Crippen molar-refractivity contribution in [2.75, 3.05) is 6.54 Å². The highest BCUT2D eigenvalue weighted by Gasteiger charge is 2.03. The lowest BCUT2D eigenvalue weighted by atomic mass is 10.2. The van der Waals surface area contributed by atoms with Crippen LogP contribution in [0, 0.1) is 11.3 Å². The van der Waals surface area contributed by atoms with Crippen LogP contribution in [0.5, 0.6) is 0 Å². The molecule has 4 nitrogen and oxygen atoms in total. The summed E-state index contributed by atoms with van der Waals surface area (Å²) < 4.78 is 0. The lowest BCUT2D eigenvalue weighted by Gasteiger charge is -2.08. The number of nitrogens with one attached hydrogen (secondary N) is 1. The minimum atomic E-state index is -0.318. The predicted octanol–water partition coefficient (Wildman–Crippen LogP) is -0.246. The Hall–Kier alpha value is -1.08. The normalized spacial score (nSPS) is 12.0. The molecule has 11 heavy (non-hydrogen) atoms. The molecule has 1 unspecified atom stereocenters. The van der Waals surface area contributed by atoms with Gasteiger partial charge in [0, 0.05) is 25.4 Å². The van der Waals surface area contributed by atoms with Crippen LogP contribution in [0.1, 0.15) is 19.8 Å². The SMILES string of the molecule is CC(CC(N)=O)NCCC#N. The third-order valence-corrected chi connectivity index (χ3v) is 1.24. The number of hydrogen-bond acceptors (Lipinski definition) is 3. The topological polar surface area (TPSA) is 78.9 Å². The Bertz CT molecular complexity index is 162. The van der Waals surface area contributed by atoms with Gasteiger partial charge in [0.2, 0.25) is 5.91 Å². The Labute approximate surface area is 66.4 Å². The Morgan fingerprint density at radius 3 is 2.91 bits per heavy atom. The fourth-order valence-corrected chi connectivity index (χ4v) is 0.748. The molecule has 62 valence electrons. The molecule has 1 amide bonds. The zero-order chi connectivity index (χ0) is 8.69. The summed E-state index contributed by atoms with van der Waals surface area (Å²) in [7, 11) is 0. The average Bonchev–Trinajstić information content (AvgIpc) is 1.86. The molecule has 0 aliphatic heterocycles. The quantitative estimate of drug-likeness (QED) is 0.537. The summed E-state index contributed by atoms with van der Waals surface area (Å²) in [6, 6.07) is 2.07. The fraction of sp³-hybridized carbons (Fsp3) is 0.714. The van der Waals surface area contributed by atoms with Crippen molar-refractivity contribution in [1.82, 2.24) is 5.32 Å². The van der Waals surface area contributed by atoms with Crippen LogP contribution < -0.4 is 11.1 Å². The number of nitrogens with two attached hydrogens (primary N) is 1. The Balaban J connectivity index is 3.31. The standard InChI is InChI=1S/C7H13N3O/c1-6(5-7(9)11)10-4-2-3-8/h6,10H,2,4-5H2,1H3,(H2,9,11). The summed E-state index contributed by atoms with van der Waals surface area (Å²) in [5, 5.41) is 11.2. The molecular weight excluding hydrogens is 142 g/mol. The van der Waals surface area contributed by atoms with Gasteiger partial charge >= 0.3 is 0 Å². The van der Waals surface area contributed by atoms with E-state index in [4.69, 9.17) is 11.0 Å². The molecular formula is C7H13N3O. The minimum absolute atomic E-state index is 0.0702. The molecule has 0 aromatic rings. The van der Waals surface area contributed by atoms with Gasteiger partial charge in [0.25, 0.3) is 0 Å². The molecule has 0 aliphatic rings. The van der Waals surface area contributed by atoms with Gasteiger partial charge < -0.3 is 11.1 Å². The summed E-state index contributed by atoms with van der Waals surface area (Å²) in [6.07, 6.45) is 0.786. The van der Waals surface area contributed by atoms with Gasteiger partial charge in [-0.1, -0.05) is 0 Å². The van der Waals surface area contributed by atoms with Crippen molar-refractivity contribution in [2.45, 2.75) is 25.8 Å². The van der Waals surface area contributed by atoms with Gasteiger partial charge in [-0.2, -0.15) is 5.26 Å². The predicted molar refractivity (Wildman–Crippen MR) is 41.5 cm³/mol. The number of rotatable bonds is 5. The molecule has 0 aliphatic carbocycles. The zero-order valence-corrected chi connectivity index (χ0v) is 6.63. The summed E-state index contributed by atoms with van der Waals surface area (Å²) in [4.78, 5) is 10.4. The highest BCUT2D eigenvalue weighted by atomic mass is 16.1. The summed E-state index contributed by atoms with van der Waals surface area (Å²) >= 11 is 0. The number of carbonyl (C=O) groups is 1. The summed E-state index contributed by atoms with van der Waals surface area (Å²) in [5.41, 5.74) is 4.95. The number of hydrogen-bond donors (Lipinski definition) is 2. The fourth-order valence-electron chi connectivity index (χ4n) is 0.748. The first-order valence-corrected chi connectivity index (χ1v) is 3.55. The van der Waals surface area contributed by atoms with Gasteiger partial charge in [-0.15, -0.1) is 0 Å². The van der Waals surface area contributed by atoms with Gasteiger partial charge in [-0.3, -0.25) is 4.79 Å². The molecule has 0 rings (SSSR count). The van der Waals surface area contributed by atoms with Gasteiger partial charge in [-0.05, 0) is 6.92 Å². The van der Waals surface area contributed by atoms with Crippen LogP contribution in [-0.2, 0) is 4.79 Å². The largest absolute Gasteiger partial charge is 0.370 e. The molecule has 0 bridgehead atoms. The van der Waals surface area contributed by atoms with Crippen molar-refractivity contribution in [3.63, 3.8) is 0 Å². The molecule has 0 aromatic carbocycles. The second-order valence-electron chi connectivity index (χ2n) is 2.43. The third kappa shape index (κ3) is 6.81. The van der Waals surface area contributed by atoms with Crippen molar-refractivity contribution in [3.05, 3.63) is 0 Å². The second kappa shape index (κ2) is 5.69. The molecule has 4 heteroatoms. The highest BCUT2D eigenvalue weighted by molar-refractivity contribution is 5.74.